The number of amides is 3. The number of methoxy groups -OCH3 is 1. The van der Waals surface area contributed by atoms with Crippen molar-refractivity contribution >= 4 is 39.2 Å². The van der Waals surface area contributed by atoms with Gasteiger partial charge in [0.1, 0.15) is 16.5 Å². The van der Waals surface area contributed by atoms with Crippen LogP contribution in [-0.4, -0.2) is 106 Å². The summed E-state index contributed by atoms with van der Waals surface area (Å²) in [6.07, 6.45) is 4.03. The van der Waals surface area contributed by atoms with Gasteiger partial charge in [-0.05, 0) is 69.1 Å². The summed E-state index contributed by atoms with van der Waals surface area (Å²) in [5.41, 5.74) is -2.58. The third kappa shape index (κ3) is 6.38. The van der Waals surface area contributed by atoms with Crippen LogP contribution in [0.3, 0.4) is 0 Å². The normalized spacial score (nSPS) is 20.5. The molecule has 2 fully saturated rings. The van der Waals surface area contributed by atoms with Crippen LogP contribution in [0.15, 0.2) is 59.6 Å². The quantitative estimate of drug-likeness (QED) is 0.322. The number of urea groups is 1. The number of aromatic nitrogens is 1. The van der Waals surface area contributed by atoms with E-state index in [1.54, 1.807) is 17.9 Å². The molecule has 12 nitrogen and oxygen atoms in total. The Kier molecular flexibility index (Phi) is 10.5. The van der Waals surface area contributed by atoms with Crippen LogP contribution in [-0.2, 0) is 20.4 Å². The van der Waals surface area contributed by atoms with E-state index in [9.17, 15) is 13.2 Å². The highest BCUT2D eigenvalue weighted by atomic mass is 35.5. The van der Waals surface area contributed by atoms with E-state index in [2.05, 4.69) is 27.0 Å². The van der Waals surface area contributed by atoms with Gasteiger partial charge in [0.2, 0.25) is 5.88 Å². The van der Waals surface area contributed by atoms with Crippen LogP contribution in [0, 0.1) is 5.82 Å². The van der Waals surface area contributed by atoms with E-state index in [0.717, 1.165) is 64.1 Å². The van der Waals surface area contributed by atoms with Crippen molar-refractivity contribution < 1.29 is 31.9 Å². The zero-order chi connectivity index (χ0) is 35.6. The minimum Gasteiger partial charge on any atom is -0.495 e. The highest BCUT2D eigenvalue weighted by molar-refractivity contribution is 7.93. The van der Waals surface area contributed by atoms with Gasteiger partial charge in [-0.2, -0.15) is 4.31 Å². The topological polar surface area (TPSA) is 125 Å². The van der Waals surface area contributed by atoms with Gasteiger partial charge in [0.05, 0.1) is 30.0 Å². The molecule has 3 amide bonds. The third-order valence-corrected chi connectivity index (χ3v) is 11.7. The predicted molar refractivity (Wildman–Crippen MR) is 187 cm³/mol. The fourth-order valence-electron chi connectivity index (χ4n) is 7.27. The van der Waals surface area contributed by atoms with Gasteiger partial charge in [-0.15, -0.1) is 0 Å². The van der Waals surface area contributed by atoms with E-state index in [0.29, 0.717) is 23.4 Å². The molecule has 50 heavy (non-hydrogen) atoms. The average Bonchev–Trinajstić information content (AvgIpc) is 3.36. The van der Waals surface area contributed by atoms with Crippen LogP contribution < -0.4 is 19.1 Å². The Morgan fingerprint density at radius 1 is 1.04 bits per heavy atom. The molecule has 1 N–H and O–H groups in total. The van der Waals surface area contributed by atoms with Gasteiger partial charge >= 0.3 is 6.03 Å². The number of likely N-dealkylation sites (tertiary alicyclic amines) is 1. The van der Waals surface area contributed by atoms with Crippen molar-refractivity contribution in [1.82, 2.24) is 25.0 Å². The number of hydrogen-bond donors (Lipinski definition) is 1. The second-order valence-electron chi connectivity index (χ2n) is 12.6. The first-order chi connectivity index (χ1) is 24.1. The van der Waals surface area contributed by atoms with Crippen molar-refractivity contribution in [3.63, 3.8) is 0 Å². The summed E-state index contributed by atoms with van der Waals surface area (Å²) >= 11 is 6.24. The first-order valence-corrected chi connectivity index (χ1v) is 18.7. The SMILES string of the molecule is CCCN1CCN(C2CCN(C(=O)NC3(c4cccnc4OCC)C(=O)N(S(=O)(=O)c4ccccc4OC)c4cc(Cl)c(F)cc43)CC2)CC1. The molecule has 0 radical (unpaired) electrons. The number of halogens is 2. The Morgan fingerprint density at radius 3 is 2.44 bits per heavy atom. The number of nitrogens with zero attached hydrogens (tertiary/aromatic N) is 5. The molecule has 2 aromatic carbocycles. The molecule has 6 rings (SSSR count). The Balaban J connectivity index is 1.40. The van der Waals surface area contributed by atoms with E-state index in [1.807, 2.05) is 0 Å². The molecular formula is C35H42ClFN6O6S. The zero-order valence-electron chi connectivity index (χ0n) is 28.4. The molecule has 1 unspecified atom stereocenters. The number of piperazine rings is 1. The monoisotopic (exact) mass is 728 g/mol. The molecule has 15 heteroatoms. The van der Waals surface area contributed by atoms with E-state index in [1.165, 1.54) is 43.6 Å². The van der Waals surface area contributed by atoms with Crippen molar-refractivity contribution in [2.75, 3.05) is 63.8 Å². The van der Waals surface area contributed by atoms with Gasteiger partial charge in [-0.3, -0.25) is 9.69 Å². The first-order valence-electron chi connectivity index (χ1n) is 16.9. The van der Waals surface area contributed by atoms with Crippen molar-refractivity contribution in [1.29, 1.82) is 0 Å². The molecule has 1 aromatic heterocycles. The standard InChI is InChI=1S/C35H42ClFN6O6S/c1-4-15-40-18-20-41(21-19-40)24-12-16-42(17-13-24)34(45)39-35(25-9-8-14-38-32(25)49-5-2)26-22-28(37)27(36)23-29(26)43(33(35)44)50(46,47)31-11-7-6-10-30(31)48-3/h6-11,14,22-24H,4-5,12-13,15-21H2,1-3H3,(H,39,45). The number of rotatable bonds is 10. The first kappa shape index (κ1) is 35.8. The van der Waals surface area contributed by atoms with Gasteiger partial charge in [-0.1, -0.05) is 30.7 Å². The van der Waals surface area contributed by atoms with E-state index in [4.69, 9.17) is 21.1 Å². The van der Waals surface area contributed by atoms with Crippen molar-refractivity contribution in [2.24, 2.45) is 0 Å². The molecule has 3 aliphatic heterocycles. The van der Waals surface area contributed by atoms with Crippen LogP contribution in [0.5, 0.6) is 11.6 Å². The summed E-state index contributed by atoms with van der Waals surface area (Å²) in [7, 11) is -3.41. The van der Waals surface area contributed by atoms with Gasteiger partial charge in [0, 0.05) is 57.1 Å². The Labute approximate surface area is 297 Å². The maximum Gasteiger partial charge on any atom is 0.318 e. The largest absolute Gasteiger partial charge is 0.495 e. The second kappa shape index (κ2) is 14.7. The maximum atomic E-state index is 15.4. The number of para-hydroxylation sites is 1. The van der Waals surface area contributed by atoms with Gasteiger partial charge in [-0.25, -0.2) is 22.6 Å². The maximum absolute atomic E-state index is 15.4. The van der Waals surface area contributed by atoms with Crippen LogP contribution in [0.4, 0.5) is 14.9 Å². The lowest BCUT2D eigenvalue weighted by Gasteiger charge is -2.43. The Hall–Kier alpha value is -3.98. The molecule has 0 saturated carbocycles. The van der Waals surface area contributed by atoms with E-state index in [-0.39, 0.29) is 39.9 Å². The third-order valence-electron chi connectivity index (χ3n) is 9.72. The minimum absolute atomic E-state index is 0.0115. The number of sulfonamides is 1. The summed E-state index contributed by atoms with van der Waals surface area (Å²) in [4.78, 5) is 39.9. The van der Waals surface area contributed by atoms with Crippen LogP contribution in [0.2, 0.25) is 5.02 Å². The number of hydrogen-bond acceptors (Lipinski definition) is 9. The smallest absolute Gasteiger partial charge is 0.318 e. The van der Waals surface area contributed by atoms with Crippen LogP contribution >= 0.6 is 11.6 Å². The lowest BCUT2D eigenvalue weighted by atomic mass is 9.84. The highest BCUT2D eigenvalue weighted by Gasteiger charge is 2.59. The summed E-state index contributed by atoms with van der Waals surface area (Å²) in [6.45, 7) is 9.93. The fourth-order valence-corrected chi connectivity index (χ4v) is 9.04. The van der Waals surface area contributed by atoms with E-state index < -0.39 is 38.3 Å². The molecule has 0 bridgehead atoms. The Bertz CT molecular complexity index is 1850. The minimum atomic E-state index is -4.72. The number of benzene rings is 2. The lowest BCUT2D eigenvalue weighted by Crippen LogP contribution is -2.59. The molecule has 4 heterocycles. The zero-order valence-corrected chi connectivity index (χ0v) is 30.0. The molecular weight excluding hydrogens is 687 g/mol. The van der Waals surface area contributed by atoms with Crippen LogP contribution in [0.1, 0.15) is 44.2 Å². The average molecular weight is 729 g/mol. The molecule has 3 aliphatic rings. The number of fused-ring (bicyclic) bond motifs is 1. The number of piperidine rings is 1. The molecule has 1 atom stereocenters. The second-order valence-corrected chi connectivity index (χ2v) is 14.7. The summed E-state index contributed by atoms with van der Waals surface area (Å²) < 4.78 is 56.1. The number of nitrogens with one attached hydrogen (secondary N) is 1. The van der Waals surface area contributed by atoms with Crippen LogP contribution in [0.25, 0.3) is 0 Å². The predicted octanol–water partition coefficient (Wildman–Crippen LogP) is 4.46. The number of ether oxygens (including phenoxy) is 2. The van der Waals surface area contributed by atoms with Crippen molar-refractivity contribution in [2.45, 2.75) is 49.6 Å². The number of carbonyl (C=O) groups is 2. The molecule has 0 spiro atoms. The van der Waals surface area contributed by atoms with Crippen molar-refractivity contribution in [3.8, 4) is 11.6 Å². The summed E-state index contributed by atoms with van der Waals surface area (Å²) in [5, 5.41) is 2.47. The number of carbonyl (C=O) groups excluding carboxylic acids is 2. The summed E-state index contributed by atoms with van der Waals surface area (Å²) in [5.74, 6) is -2.03. The van der Waals surface area contributed by atoms with Gasteiger partial charge < -0.3 is 24.6 Å². The van der Waals surface area contributed by atoms with Gasteiger partial charge in [0.15, 0.2) is 5.54 Å². The summed E-state index contributed by atoms with van der Waals surface area (Å²) in [6, 6.07) is 10.6. The highest BCUT2D eigenvalue weighted by Crippen LogP contribution is 2.50. The molecule has 268 valence electrons. The van der Waals surface area contributed by atoms with Gasteiger partial charge in [0.25, 0.3) is 15.9 Å². The number of pyridine rings is 1. The van der Waals surface area contributed by atoms with Crippen molar-refractivity contribution in [3.05, 3.63) is 76.7 Å². The number of anilines is 1. The fraction of sp³-hybridized carbons (Fsp3) is 0.457. The van der Waals surface area contributed by atoms with E-state index >= 15 is 9.18 Å². The molecule has 2 saturated heterocycles. The molecule has 0 aliphatic carbocycles. The Morgan fingerprint density at radius 2 is 1.76 bits per heavy atom. The molecule has 3 aromatic rings. The lowest BCUT2D eigenvalue weighted by molar-refractivity contribution is -0.121.